The van der Waals surface area contributed by atoms with Gasteiger partial charge in [-0.2, -0.15) is 0 Å². The Morgan fingerprint density at radius 1 is 1.42 bits per heavy atom. The van der Waals surface area contributed by atoms with Gasteiger partial charge in [-0.25, -0.2) is 4.98 Å². The molecule has 1 fully saturated rings. The van der Waals surface area contributed by atoms with Crippen LogP contribution in [0.4, 0.5) is 0 Å². The summed E-state index contributed by atoms with van der Waals surface area (Å²) < 4.78 is 5.99. The normalized spacial score (nSPS) is 31.1. The van der Waals surface area contributed by atoms with Gasteiger partial charge in [-0.05, 0) is 0 Å². The summed E-state index contributed by atoms with van der Waals surface area (Å²) in [5.41, 5.74) is 0.750. The van der Waals surface area contributed by atoms with Gasteiger partial charge in [0.05, 0.1) is 23.3 Å². The number of fused-ring (bicyclic) bond motifs is 1. The molecule has 1 aliphatic heterocycles. The number of aromatic amines is 1. The summed E-state index contributed by atoms with van der Waals surface area (Å²) in [6.07, 6.45) is -2.14. The number of hydrogen-bond donors (Lipinski definition) is 4. The molecule has 4 atom stereocenters. The lowest BCUT2D eigenvalue weighted by Gasteiger charge is -2.13. The minimum absolute atomic E-state index is 0.338. The Morgan fingerprint density at radius 3 is 2.89 bits per heavy atom. The Balaban J connectivity index is 2.06. The van der Waals surface area contributed by atoms with E-state index in [1.54, 1.807) is 0 Å². The molecule has 0 amide bonds. The van der Waals surface area contributed by atoms with E-state index in [4.69, 9.17) is 22.1 Å². The van der Waals surface area contributed by atoms with Crippen molar-refractivity contribution in [1.29, 1.82) is 0 Å². The monoisotopic (exact) mass is 300 g/mol. The molecule has 102 valence electrons. The van der Waals surface area contributed by atoms with E-state index in [-0.39, 0.29) is 6.61 Å². The van der Waals surface area contributed by atoms with Crippen LogP contribution in [0.5, 0.6) is 0 Å². The highest BCUT2D eigenvalue weighted by molar-refractivity contribution is 7.71. The van der Waals surface area contributed by atoms with E-state index >= 15 is 0 Å². The van der Waals surface area contributed by atoms with Crippen LogP contribution in [0, 0.1) is 4.64 Å². The molecule has 2 aromatic rings. The third-order valence-electron chi connectivity index (χ3n) is 3.24. The van der Waals surface area contributed by atoms with Crippen LogP contribution in [0.1, 0.15) is 11.0 Å². The predicted octanol–water partition coefficient (Wildman–Crippen LogP) is 0.508. The lowest BCUT2D eigenvalue weighted by Crippen LogP contribution is -2.32. The molecule has 2 aromatic heterocycles. The van der Waals surface area contributed by atoms with E-state index in [0.29, 0.717) is 4.64 Å². The van der Waals surface area contributed by atoms with Crippen molar-refractivity contribution >= 4 is 34.5 Å². The maximum Gasteiger partial charge on any atom is 0.138 e. The number of rotatable bonds is 2. The Kier molecular flexibility index (Phi) is 3.37. The van der Waals surface area contributed by atoms with Gasteiger partial charge >= 0.3 is 0 Å². The Labute approximate surface area is 117 Å². The van der Waals surface area contributed by atoms with Gasteiger partial charge < -0.3 is 25.0 Å². The fourth-order valence-electron chi connectivity index (χ4n) is 2.23. The highest BCUT2D eigenvalue weighted by atomic mass is 32.1. The molecule has 1 aliphatic rings. The van der Waals surface area contributed by atoms with E-state index in [1.807, 2.05) is 5.38 Å². The maximum atomic E-state index is 10.0. The molecule has 0 aromatic carbocycles. The highest BCUT2D eigenvalue weighted by Gasteiger charge is 2.44. The van der Waals surface area contributed by atoms with Crippen LogP contribution < -0.4 is 0 Å². The Hall–Kier alpha value is -0.900. The van der Waals surface area contributed by atoms with E-state index < -0.39 is 24.4 Å². The molecule has 0 bridgehead atoms. The molecule has 6 nitrogen and oxygen atoms in total. The molecule has 3 heterocycles. The molecule has 0 radical (unpaired) electrons. The van der Waals surface area contributed by atoms with Crippen LogP contribution in [-0.2, 0) is 4.74 Å². The second-order valence-corrected chi connectivity index (χ2v) is 5.65. The lowest BCUT2D eigenvalue weighted by molar-refractivity contribution is -0.0214. The van der Waals surface area contributed by atoms with Crippen molar-refractivity contribution < 1.29 is 20.1 Å². The first-order chi connectivity index (χ1) is 9.13. The number of hydrogen-bond acceptors (Lipinski definition) is 7. The summed E-state index contributed by atoms with van der Waals surface area (Å²) in [6.45, 7) is -0.338. The summed E-state index contributed by atoms with van der Waals surface area (Å²) in [5, 5.41) is 31.5. The molecular formula is C11H12N2O4S2. The maximum absolute atomic E-state index is 10.0. The van der Waals surface area contributed by atoms with E-state index in [1.165, 1.54) is 17.7 Å². The zero-order valence-corrected chi connectivity index (χ0v) is 11.3. The Bertz CT molecular complexity index is 655. The molecule has 0 aliphatic carbocycles. The second kappa shape index (κ2) is 4.89. The summed E-state index contributed by atoms with van der Waals surface area (Å²) in [4.78, 5) is 7.71. The van der Waals surface area contributed by atoms with Crippen LogP contribution in [0.2, 0.25) is 0 Å². The first-order valence-electron chi connectivity index (χ1n) is 5.70. The summed E-state index contributed by atoms with van der Waals surface area (Å²) in [5.74, 6) is 0. The molecule has 8 heteroatoms. The van der Waals surface area contributed by atoms with Crippen LogP contribution in [0.3, 0.4) is 0 Å². The van der Waals surface area contributed by atoms with Crippen molar-refractivity contribution in [2.45, 2.75) is 24.4 Å². The van der Waals surface area contributed by atoms with Gasteiger partial charge in [0.1, 0.15) is 29.1 Å². The number of H-pyrrole nitrogens is 1. The fourth-order valence-corrected chi connectivity index (χ4v) is 3.61. The Morgan fingerprint density at radius 2 is 2.21 bits per heavy atom. The number of thiophene rings is 1. The average molecular weight is 300 g/mol. The van der Waals surface area contributed by atoms with Gasteiger partial charge in [-0.1, -0.05) is 12.2 Å². The molecular weight excluding hydrogens is 288 g/mol. The molecule has 19 heavy (non-hydrogen) atoms. The minimum atomic E-state index is -1.10. The van der Waals surface area contributed by atoms with Gasteiger partial charge in [0.2, 0.25) is 0 Å². The third-order valence-corrected chi connectivity index (χ3v) is 4.61. The second-order valence-electron chi connectivity index (χ2n) is 4.36. The number of aliphatic hydroxyl groups is 3. The van der Waals surface area contributed by atoms with Gasteiger partial charge in [0.15, 0.2) is 0 Å². The van der Waals surface area contributed by atoms with Crippen molar-refractivity contribution in [3.63, 3.8) is 0 Å². The van der Waals surface area contributed by atoms with Crippen molar-refractivity contribution in [3.8, 4) is 0 Å². The number of ether oxygens (including phenoxy) is 1. The number of aromatic nitrogens is 2. The van der Waals surface area contributed by atoms with Crippen molar-refractivity contribution in [2.24, 2.45) is 0 Å². The fraction of sp³-hybridized carbons (Fsp3) is 0.455. The van der Waals surface area contributed by atoms with Crippen LogP contribution in [-0.4, -0.2) is 50.2 Å². The van der Waals surface area contributed by atoms with E-state index in [2.05, 4.69) is 9.97 Å². The molecule has 0 spiro atoms. The van der Waals surface area contributed by atoms with Crippen molar-refractivity contribution in [2.75, 3.05) is 6.61 Å². The van der Waals surface area contributed by atoms with Gasteiger partial charge in [0.25, 0.3) is 0 Å². The zero-order valence-electron chi connectivity index (χ0n) is 9.68. The average Bonchev–Trinajstić information content (AvgIpc) is 2.94. The molecule has 4 N–H and O–H groups in total. The predicted molar refractivity (Wildman–Crippen MR) is 71.5 cm³/mol. The standard InChI is InChI=1S/C11H12N2O4S2/c14-1-5-7(15)8(16)9(17-5)10-6-4(2-19-10)11(18)13-3-12-6/h2-3,5,7-9,14-16H,1H2,(H,12,13,18)/t5-,7-,8-,9+/m1/s1. The third kappa shape index (κ3) is 2.00. The van der Waals surface area contributed by atoms with E-state index in [0.717, 1.165) is 15.8 Å². The molecule has 0 unspecified atom stereocenters. The highest BCUT2D eigenvalue weighted by Crippen LogP contribution is 2.39. The van der Waals surface area contributed by atoms with Crippen LogP contribution >= 0.6 is 23.6 Å². The minimum Gasteiger partial charge on any atom is -0.394 e. The first-order valence-corrected chi connectivity index (χ1v) is 6.99. The topological polar surface area (TPSA) is 98.6 Å². The molecule has 0 saturated carbocycles. The largest absolute Gasteiger partial charge is 0.394 e. The lowest BCUT2D eigenvalue weighted by atomic mass is 10.1. The number of aliphatic hydroxyl groups excluding tert-OH is 3. The van der Waals surface area contributed by atoms with Gasteiger partial charge in [-0.3, -0.25) is 0 Å². The van der Waals surface area contributed by atoms with Crippen LogP contribution in [0.25, 0.3) is 10.9 Å². The van der Waals surface area contributed by atoms with Gasteiger partial charge in [-0.15, -0.1) is 11.3 Å². The quantitative estimate of drug-likeness (QED) is 0.603. The van der Waals surface area contributed by atoms with Crippen molar-refractivity contribution in [1.82, 2.24) is 9.97 Å². The number of nitrogens with one attached hydrogen (secondary N) is 1. The molecule has 3 rings (SSSR count). The van der Waals surface area contributed by atoms with Crippen LogP contribution in [0.15, 0.2) is 11.7 Å². The SMILES string of the molecule is OC[C@H]1O[C@H](c2scc3c(=S)nc[nH]c23)[C@H](O)[C@@H]1O. The van der Waals surface area contributed by atoms with E-state index in [9.17, 15) is 10.2 Å². The zero-order chi connectivity index (χ0) is 13.6. The molecule has 1 saturated heterocycles. The number of nitrogens with zero attached hydrogens (tertiary/aromatic N) is 1. The van der Waals surface area contributed by atoms with Crippen molar-refractivity contribution in [3.05, 3.63) is 21.2 Å². The first kappa shape index (κ1) is 13.1. The smallest absolute Gasteiger partial charge is 0.138 e. The summed E-state index contributed by atoms with van der Waals surface area (Å²) >= 11 is 6.50. The summed E-state index contributed by atoms with van der Waals surface area (Å²) in [6, 6.07) is 0. The summed E-state index contributed by atoms with van der Waals surface area (Å²) in [7, 11) is 0. The van der Waals surface area contributed by atoms with Gasteiger partial charge in [0, 0.05) is 10.8 Å².